The van der Waals surface area contributed by atoms with Crippen molar-refractivity contribution in [1.29, 1.82) is 4.78 Å². The average molecular weight is 386 g/mol. The Morgan fingerprint density at radius 1 is 1.33 bits per heavy atom. The zero-order valence-electron chi connectivity index (χ0n) is 15.5. The molecule has 4 heterocycles. The second-order valence-corrected chi connectivity index (χ2v) is 9.62. The van der Waals surface area contributed by atoms with Gasteiger partial charge in [-0.15, -0.1) is 0 Å². The zero-order valence-corrected chi connectivity index (χ0v) is 16.3. The van der Waals surface area contributed by atoms with Crippen molar-refractivity contribution in [2.75, 3.05) is 24.2 Å². The topological polar surface area (TPSA) is 108 Å². The number of pyridine rings is 2. The van der Waals surface area contributed by atoms with Crippen LogP contribution in [0.5, 0.6) is 5.88 Å². The molecule has 2 N–H and O–H groups in total. The van der Waals surface area contributed by atoms with E-state index in [1.807, 2.05) is 36.9 Å². The van der Waals surface area contributed by atoms with E-state index in [1.54, 1.807) is 12.4 Å². The van der Waals surface area contributed by atoms with Crippen LogP contribution < -0.4 is 9.64 Å². The van der Waals surface area contributed by atoms with E-state index in [2.05, 4.69) is 20.2 Å². The standard InChI is InChI=1S/C18H22N6O2S/c1-11(2)26-17-7-14-15(8-21-17)22-23-18(14)12-4-5-20-16(6-12)24-9-13(10-24)27(3,19)25/h4-8,11,13,19H,9-10H2,1-3H3,(H,22,23). The van der Waals surface area contributed by atoms with Crippen molar-refractivity contribution in [3.8, 4) is 17.1 Å². The summed E-state index contributed by atoms with van der Waals surface area (Å²) in [5.74, 6) is 1.37. The van der Waals surface area contributed by atoms with Gasteiger partial charge in [-0.1, -0.05) is 0 Å². The van der Waals surface area contributed by atoms with Crippen molar-refractivity contribution < 1.29 is 8.95 Å². The fourth-order valence-corrected chi connectivity index (χ4v) is 4.00. The molecule has 3 aromatic heterocycles. The molecule has 142 valence electrons. The van der Waals surface area contributed by atoms with E-state index in [4.69, 9.17) is 9.52 Å². The van der Waals surface area contributed by atoms with Crippen LogP contribution in [0.4, 0.5) is 5.82 Å². The summed E-state index contributed by atoms with van der Waals surface area (Å²) in [4.78, 5) is 10.8. The molecule has 0 aromatic carbocycles. The number of hydrogen-bond acceptors (Lipinski definition) is 7. The normalized spacial score (nSPS) is 17.1. The molecule has 1 atom stereocenters. The minimum atomic E-state index is -2.51. The number of ether oxygens (including phenoxy) is 1. The first-order chi connectivity index (χ1) is 12.8. The number of H-pyrrole nitrogens is 1. The number of nitrogens with one attached hydrogen (secondary N) is 2. The van der Waals surface area contributed by atoms with Crippen LogP contribution in [-0.2, 0) is 9.73 Å². The Morgan fingerprint density at radius 2 is 2.11 bits per heavy atom. The van der Waals surface area contributed by atoms with Gasteiger partial charge < -0.3 is 9.64 Å². The Balaban J connectivity index is 1.64. The molecule has 9 heteroatoms. The number of aromatic nitrogens is 4. The second kappa shape index (κ2) is 6.49. The van der Waals surface area contributed by atoms with Crippen LogP contribution in [0, 0.1) is 4.78 Å². The molecular formula is C18H22N6O2S. The minimum Gasteiger partial charge on any atom is -0.475 e. The fraction of sp³-hybridized carbons (Fsp3) is 0.389. The summed E-state index contributed by atoms with van der Waals surface area (Å²) in [6, 6.07) is 5.77. The van der Waals surface area contributed by atoms with Crippen LogP contribution >= 0.6 is 0 Å². The lowest BCUT2D eigenvalue weighted by molar-refractivity contribution is 0.233. The van der Waals surface area contributed by atoms with Gasteiger partial charge in [-0.05, 0) is 26.0 Å². The molecule has 8 nitrogen and oxygen atoms in total. The van der Waals surface area contributed by atoms with Crippen LogP contribution in [0.3, 0.4) is 0 Å². The van der Waals surface area contributed by atoms with E-state index >= 15 is 0 Å². The van der Waals surface area contributed by atoms with Crippen LogP contribution in [0.25, 0.3) is 22.2 Å². The maximum absolute atomic E-state index is 11.8. The van der Waals surface area contributed by atoms with E-state index in [-0.39, 0.29) is 11.4 Å². The van der Waals surface area contributed by atoms with Crippen LogP contribution in [-0.4, -0.2) is 55.1 Å². The van der Waals surface area contributed by atoms with E-state index in [9.17, 15) is 4.21 Å². The van der Waals surface area contributed by atoms with Gasteiger partial charge >= 0.3 is 0 Å². The van der Waals surface area contributed by atoms with Gasteiger partial charge in [0.2, 0.25) is 5.88 Å². The molecule has 1 saturated heterocycles. The molecule has 0 spiro atoms. The quantitative estimate of drug-likeness (QED) is 0.698. The van der Waals surface area contributed by atoms with Crippen LogP contribution in [0.2, 0.25) is 0 Å². The van der Waals surface area contributed by atoms with Gasteiger partial charge in [-0.25, -0.2) is 14.2 Å². The molecule has 0 saturated carbocycles. The third-order valence-electron chi connectivity index (χ3n) is 4.61. The molecule has 1 aliphatic heterocycles. The molecule has 0 bridgehead atoms. The predicted molar refractivity (Wildman–Crippen MR) is 106 cm³/mol. The van der Waals surface area contributed by atoms with Crippen molar-refractivity contribution in [3.63, 3.8) is 0 Å². The maximum atomic E-state index is 11.8. The first-order valence-electron chi connectivity index (χ1n) is 8.76. The summed E-state index contributed by atoms with van der Waals surface area (Å²) in [7, 11) is -2.51. The van der Waals surface area contributed by atoms with Crippen molar-refractivity contribution >= 4 is 26.4 Å². The van der Waals surface area contributed by atoms with Gasteiger partial charge in [-0.3, -0.25) is 9.88 Å². The smallest absolute Gasteiger partial charge is 0.214 e. The van der Waals surface area contributed by atoms with E-state index in [1.165, 1.54) is 6.26 Å². The molecule has 4 rings (SSSR count). The van der Waals surface area contributed by atoms with Crippen molar-refractivity contribution in [2.24, 2.45) is 0 Å². The molecule has 1 fully saturated rings. The van der Waals surface area contributed by atoms with E-state index < -0.39 is 9.73 Å². The van der Waals surface area contributed by atoms with E-state index in [0.29, 0.717) is 19.0 Å². The third-order valence-corrected chi connectivity index (χ3v) is 6.18. The van der Waals surface area contributed by atoms with Crippen molar-refractivity contribution in [3.05, 3.63) is 30.6 Å². The molecule has 1 aliphatic rings. The third kappa shape index (κ3) is 3.46. The number of aromatic amines is 1. The van der Waals surface area contributed by atoms with Gasteiger partial charge in [0.05, 0.1) is 23.1 Å². The molecule has 0 radical (unpaired) electrons. The molecule has 27 heavy (non-hydrogen) atoms. The number of fused-ring (bicyclic) bond motifs is 1. The number of anilines is 1. The number of nitrogens with zero attached hydrogens (tertiary/aromatic N) is 4. The molecule has 0 amide bonds. The highest BCUT2D eigenvalue weighted by molar-refractivity contribution is 7.92. The minimum absolute atomic E-state index is 0.0445. The zero-order chi connectivity index (χ0) is 19.2. The number of hydrogen-bond donors (Lipinski definition) is 2. The summed E-state index contributed by atoms with van der Waals surface area (Å²) in [6.45, 7) is 5.10. The lowest BCUT2D eigenvalue weighted by Crippen LogP contribution is -2.54. The van der Waals surface area contributed by atoms with Crippen LogP contribution in [0.1, 0.15) is 13.8 Å². The number of rotatable bonds is 5. The average Bonchev–Trinajstić information content (AvgIpc) is 2.95. The Morgan fingerprint density at radius 3 is 2.81 bits per heavy atom. The monoisotopic (exact) mass is 386 g/mol. The fourth-order valence-electron chi connectivity index (χ4n) is 3.07. The predicted octanol–water partition coefficient (Wildman–Crippen LogP) is 2.67. The highest BCUT2D eigenvalue weighted by Gasteiger charge is 2.33. The van der Waals surface area contributed by atoms with Gasteiger partial charge in [0.15, 0.2) is 0 Å². The molecule has 1 unspecified atom stereocenters. The first kappa shape index (κ1) is 17.7. The van der Waals surface area contributed by atoms with Gasteiger partial charge in [0, 0.05) is 52.3 Å². The highest BCUT2D eigenvalue weighted by atomic mass is 32.2. The summed E-state index contributed by atoms with van der Waals surface area (Å²) in [5.41, 5.74) is 2.57. The second-order valence-electron chi connectivity index (χ2n) is 7.14. The summed E-state index contributed by atoms with van der Waals surface area (Å²) >= 11 is 0. The highest BCUT2D eigenvalue weighted by Crippen LogP contribution is 2.31. The largest absolute Gasteiger partial charge is 0.475 e. The summed E-state index contributed by atoms with van der Waals surface area (Å²) in [5, 5.41) is 8.28. The molecular weight excluding hydrogens is 364 g/mol. The van der Waals surface area contributed by atoms with Gasteiger partial charge in [0.25, 0.3) is 0 Å². The lowest BCUT2D eigenvalue weighted by atomic mass is 10.1. The van der Waals surface area contributed by atoms with Gasteiger partial charge in [0.1, 0.15) is 11.5 Å². The van der Waals surface area contributed by atoms with E-state index in [0.717, 1.165) is 28.0 Å². The Kier molecular flexibility index (Phi) is 4.26. The maximum Gasteiger partial charge on any atom is 0.214 e. The van der Waals surface area contributed by atoms with Crippen molar-refractivity contribution in [2.45, 2.75) is 25.2 Å². The Labute approximate surface area is 157 Å². The van der Waals surface area contributed by atoms with Crippen molar-refractivity contribution in [1.82, 2.24) is 20.2 Å². The molecule has 3 aromatic rings. The Hall–Kier alpha value is -2.68. The first-order valence-corrected chi connectivity index (χ1v) is 10.8. The Bertz CT molecular complexity index is 1090. The summed E-state index contributed by atoms with van der Waals surface area (Å²) in [6.07, 6.45) is 5.01. The van der Waals surface area contributed by atoms with Gasteiger partial charge in [-0.2, -0.15) is 5.10 Å². The molecule has 0 aliphatic carbocycles. The lowest BCUT2D eigenvalue weighted by Gasteiger charge is -2.40. The SMILES string of the molecule is CC(C)Oc1cc2c(-c3ccnc(N4CC(S(C)(=N)=O)C4)c3)n[nH]c2cn1. The van der Waals surface area contributed by atoms with Crippen LogP contribution in [0.15, 0.2) is 30.6 Å². The summed E-state index contributed by atoms with van der Waals surface area (Å²) < 4.78 is 25.2.